The number of nitrogens with zero attached hydrogens (tertiary/aromatic N) is 1. The van der Waals surface area contributed by atoms with Gasteiger partial charge in [-0.3, -0.25) is 4.79 Å². The van der Waals surface area contributed by atoms with Crippen molar-refractivity contribution in [3.8, 4) is 5.75 Å². The maximum absolute atomic E-state index is 12.4. The van der Waals surface area contributed by atoms with Gasteiger partial charge >= 0.3 is 0 Å². The third-order valence-corrected chi connectivity index (χ3v) is 5.73. The molecule has 122 valence electrons. The summed E-state index contributed by atoms with van der Waals surface area (Å²) < 4.78 is 30.5. The van der Waals surface area contributed by atoms with Crippen LogP contribution in [0.2, 0.25) is 0 Å². The number of anilines is 1. The molecule has 0 bridgehead atoms. The van der Waals surface area contributed by atoms with E-state index in [1.807, 2.05) is 12.1 Å². The zero-order valence-corrected chi connectivity index (χ0v) is 13.7. The molecule has 0 aromatic heterocycles. The van der Waals surface area contributed by atoms with Crippen LogP contribution in [0.3, 0.4) is 0 Å². The quantitative estimate of drug-likeness (QED) is 0.893. The Morgan fingerprint density at radius 3 is 2.82 bits per heavy atom. The minimum Gasteiger partial charge on any atom is -0.495 e. The number of nitrogens with one attached hydrogen (secondary N) is 1. The van der Waals surface area contributed by atoms with Gasteiger partial charge in [-0.25, -0.2) is 12.7 Å². The monoisotopic (exact) mass is 326 g/mol. The summed E-state index contributed by atoms with van der Waals surface area (Å²) in [4.78, 5) is 12.4. The zero-order valence-electron chi connectivity index (χ0n) is 12.9. The van der Waals surface area contributed by atoms with Crippen LogP contribution in [0.15, 0.2) is 24.3 Å². The van der Waals surface area contributed by atoms with E-state index in [0.717, 1.165) is 0 Å². The highest BCUT2D eigenvalue weighted by Crippen LogP contribution is 2.26. The number of amides is 1. The van der Waals surface area contributed by atoms with Gasteiger partial charge in [-0.15, -0.1) is 0 Å². The summed E-state index contributed by atoms with van der Waals surface area (Å²) in [7, 11) is -1.70. The molecule has 0 aliphatic carbocycles. The van der Waals surface area contributed by atoms with Gasteiger partial charge in [0.2, 0.25) is 15.9 Å². The van der Waals surface area contributed by atoms with Gasteiger partial charge < -0.3 is 10.1 Å². The fourth-order valence-corrected chi connectivity index (χ4v) is 3.75. The summed E-state index contributed by atoms with van der Waals surface area (Å²) in [6.07, 6.45) is 1.39. The minimum absolute atomic E-state index is 0.0633. The number of piperidine rings is 1. The molecule has 1 aromatic rings. The Balaban J connectivity index is 2.06. The number of para-hydroxylation sites is 2. The first-order valence-electron chi connectivity index (χ1n) is 7.39. The zero-order chi connectivity index (χ0) is 16.2. The van der Waals surface area contributed by atoms with Gasteiger partial charge in [0.05, 0.1) is 24.5 Å². The number of carbonyl (C=O) groups is 1. The SMILES string of the molecule is CCS(=O)(=O)N1CCC[C@@H](C(=O)Nc2ccccc2OC)C1. The van der Waals surface area contributed by atoms with Crippen molar-refractivity contribution in [2.75, 3.05) is 31.3 Å². The molecular weight excluding hydrogens is 304 g/mol. The van der Waals surface area contributed by atoms with Gasteiger partial charge in [0.1, 0.15) is 5.75 Å². The molecule has 1 heterocycles. The van der Waals surface area contributed by atoms with Gasteiger partial charge in [0, 0.05) is 13.1 Å². The van der Waals surface area contributed by atoms with Crippen molar-refractivity contribution in [2.45, 2.75) is 19.8 Å². The smallest absolute Gasteiger partial charge is 0.228 e. The first-order chi connectivity index (χ1) is 10.5. The van der Waals surface area contributed by atoms with Gasteiger partial charge in [-0.2, -0.15) is 0 Å². The Kier molecular flexibility index (Phi) is 5.42. The number of ether oxygens (including phenoxy) is 1. The highest BCUT2D eigenvalue weighted by molar-refractivity contribution is 7.89. The van der Waals surface area contributed by atoms with E-state index in [0.29, 0.717) is 30.8 Å². The van der Waals surface area contributed by atoms with E-state index in [4.69, 9.17) is 4.74 Å². The molecule has 1 saturated heterocycles. The Hall–Kier alpha value is -1.60. The molecule has 7 heteroatoms. The van der Waals surface area contributed by atoms with E-state index in [1.165, 1.54) is 4.31 Å². The molecular formula is C15H22N2O4S. The lowest BCUT2D eigenvalue weighted by atomic mass is 9.98. The van der Waals surface area contributed by atoms with E-state index in [-0.39, 0.29) is 24.1 Å². The number of hydrogen-bond donors (Lipinski definition) is 1. The lowest BCUT2D eigenvalue weighted by molar-refractivity contribution is -0.120. The number of methoxy groups -OCH3 is 1. The number of sulfonamides is 1. The predicted octanol–water partition coefficient (Wildman–Crippen LogP) is 1.70. The summed E-state index contributed by atoms with van der Waals surface area (Å²) in [6.45, 7) is 2.36. The third-order valence-electron chi connectivity index (χ3n) is 3.88. The molecule has 1 fully saturated rings. The number of rotatable bonds is 5. The maximum atomic E-state index is 12.4. The van der Waals surface area contributed by atoms with E-state index in [1.54, 1.807) is 26.2 Å². The number of benzene rings is 1. The van der Waals surface area contributed by atoms with Crippen LogP contribution in [-0.2, 0) is 14.8 Å². The minimum atomic E-state index is -3.24. The van der Waals surface area contributed by atoms with Crippen molar-refractivity contribution in [2.24, 2.45) is 5.92 Å². The maximum Gasteiger partial charge on any atom is 0.228 e. The lowest BCUT2D eigenvalue weighted by Gasteiger charge is -2.31. The molecule has 6 nitrogen and oxygen atoms in total. The van der Waals surface area contributed by atoms with Crippen LogP contribution in [0.1, 0.15) is 19.8 Å². The Morgan fingerprint density at radius 2 is 2.14 bits per heavy atom. The van der Waals surface area contributed by atoms with Crippen LogP contribution >= 0.6 is 0 Å². The second kappa shape index (κ2) is 7.11. The lowest BCUT2D eigenvalue weighted by Crippen LogP contribution is -2.44. The molecule has 1 aromatic carbocycles. The molecule has 2 rings (SSSR count). The number of carbonyl (C=O) groups excluding carboxylic acids is 1. The fraction of sp³-hybridized carbons (Fsp3) is 0.533. The largest absolute Gasteiger partial charge is 0.495 e. The molecule has 1 aliphatic heterocycles. The van der Waals surface area contributed by atoms with E-state index in [2.05, 4.69) is 5.32 Å². The summed E-state index contributed by atoms with van der Waals surface area (Å²) in [5.41, 5.74) is 0.602. The molecule has 22 heavy (non-hydrogen) atoms. The Bertz CT molecular complexity index is 630. The Labute approximate surface area is 131 Å². The standard InChI is InChI=1S/C15H22N2O4S/c1-3-22(19,20)17-10-6-7-12(11-17)15(18)16-13-8-4-5-9-14(13)21-2/h4-5,8-9,12H,3,6-7,10-11H2,1-2H3,(H,16,18)/t12-/m1/s1. The van der Waals surface area contributed by atoms with E-state index in [9.17, 15) is 13.2 Å². The highest BCUT2D eigenvalue weighted by Gasteiger charge is 2.31. The fourth-order valence-electron chi connectivity index (χ4n) is 2.57. The van der Waals surface area contributed by atoms with Crippen LogP contribution in [-0.4, -0.2) is 44.6 Å². The van der Waals surface area contributed by atoms with Gasteiger partial charge in [-0.1, -0.05) is 12.1 Å². The normalized spacial score (nSPS) is 19.6. The van der Waals surface area contributed by atoms with Crippen molar-refractivity contribution in [3.05, 3.63) is 24.3 Å². The number of hydrogen-bond acceptors (Lipinski definition) is 4. The van der Waals surface area contributed by atoms with Crippen LogP contribution in [0.4, 0.5) is 5.69 Å². The van der Waals surface area contributed by atoms with Gasteiger partial charge in [0.25, 0.3) is 0 Å². The van der Waals surface area contributed by atoms with Crippen LogP contribution < -0.4 is 10.1 Å². The molecule has 1 aliphatic rings. The Morgan fingerprint density at radius 1 is 1.41 bits per heavy atom. The molecule has 0 unspecified atom stereocenters. The molecule has 1 N–H and O–H groups in total. The van der Waals surface area contributed by atoms with Crippen molar-refractivity contribution in [1.29, 1.82) is 0 Å². The van der Waals surface area contributed by atoms with Gasteiger partial charge in [0.15, 0.2) is 0 Å². The summed E-state index contributed by atoms with van der Waals surface area (Å²) in [5, 5.41) is 2.84. The first kappa shape index (κ1) is 16.8. The highest BCUT2D eigenvalue weighted by atomic mass is 32.2. The predicted molar refractivity (Wildman–Crippen MR) is 85.4 cm³/mol. The second-order valence-electron chi connectivity index (χ2n) is 5.29. The summed E-state index contributed by atoms with van der Waals surface area (Å²) in [6, 6.07) is 7.17. The van der Waals surface area contributed by atoms with Crippen molar-refractivity contribution < 1.29 is 17.9 Å². The van der Waals surface area contributed by atoms with Crippen molar-refractivity contribution >= 4 is 21.6 Å². The van der Waals surface area contributed by atoms with E-state index < -0.39 is 10.0 Å². The van der Waals surface area contributed by atoms with E-state index >= 15 is 0 Å². The average molecular weight is 326 g/mol. The summed E-state index contributed by atoms with van der Waals surface area (Å²) >= 11 is 0. The van der Waals surface area contributed by atoms with Crippen LogP contribution in [0.25, 0.3) is 0 Å². The third kappa shape index (κ3) is 3.78. The topological polar surface area (TPSA) is 75.7 Å². The molecule has 0 spiro atoms. The van der Waals surface area contributed by atoms with Crippen molar-refractivity contribution in [3.63, 3.8) is 0 Å². The molecule has 1 atom stereocenters. The van der Waals surface area contributed by atoms with Crippen LogP contribution in [0.5, 0.6) is 5.75 Å². The van der Waals surface area contributed by atoms with Crippen LogP contribution in [0, 0.1) is 5.92 Å². The first-order valence-corrected chi connectivity index (χ1v) is 9.00. The molecule has 0 saturated carbocycles. The van der Waals surface area contributed by atoms with Gasteiger partial charge in [-0.05, 0) is 31.9 Å². The van der Waals surface area contributed by atoms with Crippen molar-refractivity contribution in [1.82, 2.24) is 4.31 Å². The summed E-state index contributed by atoms with van der Waals surface area (Å²) in [5.74, 6) is 0.151. The second-order valence-corrected chi connectivity index (χ2v) is 7.54. The average Bonchev–Trinajstić information content (AvgIpc) is 2.55. The molecule has 0 radical (unpaired) electrons. The molecule has 1 amide bonds.